The number of hydrogen-bond donors (Lipinski definition) is 1. The van der Waals surface area contributed by atoms with E-state index >= 15 is 0 Å². The van der Waals surface area contributed by atoms with Crippen molar-refractivity contribution in [3.8, 4) is 0 Å². The van der Waals surface area contributed by atoms with Crippen LogP contribution < -0.4 is 5.84 Å². The van der Waals surface area contributed by atoms with E-state index in [2.05, 4.69) is 22.2 Å². The molecule has 2 N–H and O–H groups in total. The van der Waals surface area contributed by atoms with Gasteiger partial charge in [0.05, 0.1) is 19.6 Å². The van der Waals surface area contributed by atoms with Crippen LogP contribution in [0.25, 0.3) is 0 Å². The molecule has 3 rings (SSSR count). The van der Waals surface area contributed by atoms with Crippen LogP contribution in [0.2, 0.25) is 0 Å². The van der Waals surface area contributed by atoms with Gasteiger partial charge in [-0.05, 0) is 11.6 Å². The number of hydrogen-bond acceptors (Lipinski definition) is 4. The van der Waals surface area contributed by atoms with Gasteiger partial charge < -0.3 is 0 Å². The summed E-state index contributed by atoms with van der Waals surface area (Å²) in [6.45, 7) is 2.25. The Labute approximate surface area is 106 Å². The Morgan fingerprint density at radius 3 is 2.72 bits per heavy atom. The standard InChI is InChI=1S/C13H15N5/c14-17-9-8-15-13(17)12-6-7-16-18(12)10-11-4-2-1-3-5-11/h1-7H,8-10,14H2. The predicted molar refractivity (Wildman–Crippen MR) is 70.1 cm³/mol. The maximum atomic E-state index is 5.89. The lowest BCUT2D eigenvalue weighted by molar-refractivity contribution is 0.480. The summed E-state index contributed by atoms with van der Waals surface area (Å²) in [4.78, 5) is 4.42. The highest BCUT2D eigenvalue weighted by atomic mass is 15.5. The highest BCUT2D eigenvalue weighted by Crippen LogP contribution is 2.10. The Kier molecular flexibility index (Phi) is 2.82. The molecule has 1 aliphatic rings. The number of benzene rings is 1. The van der Waals surface area contributed by atoms with Gasteiger partial charge in [-0.2, -0.15) is 5.10 Å². The van der Waals surface area contributed by atoms with Crippen molar-refractivity contribution >= 4 is 5.84 Å². The first kappa shape index (κ1) is 11.0. The van der Waals surface area contributed by atoms with Crippen LogP contribution >= 0.6 is 0 Å². The third-order valence-corrected chi connectivity index (χ3v) is 3.00. The van der Waals surface area contributed by atoms with Crippen molar-refractivity contribution in [2.45, 2.75) is 6.54 Å². The lowest BCUT2D eigenvalue weighted by Crippen LogP contribution is -2.36. The van der Waals surface area contributed by atoms with E-state index < -0.39 is 0 Å². The molecule has 92 valence electrons. The molecule has 0 saturated heterocycles. The third kappa shape index (κ3) is 2.00. The Bertz CT molecular complexity index is 558. The van der Waals surface area contributed by atoms with Crippen LogP contribution in [-0.2, 0) is 6.54 Å². The zero-order chi connectivity index (χ0) is 12.4. The summed E-state index contributed by atoms with van der Waals surface area (Å²) in [6, 6.07) is 12.2. The second kappa shape index (κ2) is 4.62. The quantitative estimate of drug-likeness (QED) is 0.811. The van der Waals surface area contributed by atoms with Gasteiger partial charge >= 0.3 is 0 Å². The molecule has 2 aromatic rings. The van der Waals surface area contributed by atoms with Gasteiger partial charge in [0.25, 0.3) is 0 Å². The van der Waals surface area contributed by atoms with Crippen molar-refractivity contribution in [2.75, 3.05) is 13.1 Å². The molecule has 1 aliphatic heterocycles. The first-order valence-corrected chi connectivity index (χ1v) is 5.97. The Morgan fingerprint density at radius 2 is 2.00 bits per heavy atom. The molecule has 0 unspecified atom stereocenters. The van der Waals surface area contributed by atoms with Crippen LogP contribution in [0.5, 0.6) is 0 Å². The number of rotatable bonds is 3. The Morgan fingerprint density at radius 1 is 1.17 bits per heavy atom. The first-order valence-electron chi connectivity index (χ1n) is 5.97. The highest BCUT2D eigenvalue weighted by Gasteiger charge is 2.18. The van der Waals surface area contributed by atoms with Gasteiger partial charge in [-0.3, -0.25) is 14.7 Å². The normalized spacial score (nSPS) is 14.9. The lowest BCUT2D eigenvalue weighted by atomic mass is 10.2. The van der Waals surface area contributed by atoms with Gasteiger partial charge in [0, 0.05) is 6.20 Å². The molecule has 0 saturated carbocycles. The number of nitrogens with two attached hydrogens (primary N) is 1. The summed E-state index contributed by atoms with van der Waals surface area (Å²) in [5, 5.41) is 6.02. The molecule has 0 atom stereocenters. The van der Waals surface area contributed by atoms with Crippen molar-refractivity contribution in [1.29, 1.82) is 0 Å². The summed E-state index contributed by atoms with van der Waals surface area (Å²) < 4.78 is 1.93. The van der Waals surface area contributed by atoms with Gasteiger partial charge in [0.15, 0.2) is 5.84 Å². The fourth-order valence-corrected chi connectivity index (χ4v) is 2.09. The molecule has 0 spiro atoms. The molecule has 5 heteroatoms. The maximum Gasteiger partial charge on any atom is 0.163 e. The van der Waals surface area contributed by atoms with E-state index in [4.69, 9.17) is 5.84 Å². The second-order valence-electron chi connectivity index (χ2n) is 4.26. The number of aromatic nitrogens is 2. The largest absolute Gasteiger partial charge is 0.291 e. The monoisotopic (exact) mass is 241 g/mol. The molecule has 2 heterocycles. The maximum absolute atomic E-state index is 5.89. The minimum absolute atomic E-state index is 0.732. The Balaban J connectivity index is 1.88. The van der Waals surface area contributed by atoms with Gasteiger partial charge in [-0.25, -0.2) is 5.84 Å². The lowest BCUT2D eigenvalue weighted by Gasteiger charge is -2.14. The molecule has 1 aromatic carbocycles. The molecule has 0 radical (unpaired) electrons. The highest BCUT2D eigenvalue weighted by molar-refractivity contribution is 5.97. The molecule has 1 aromatic heterocycles. The van der Waals surface area contributed by atoms with E-state index in [1.165, 1.54) is 5.56 Å². The minimum atomic E-state index is 0.732. The van der Waals surface area contributed by atoms with Crippen LogP contribution in [0, 0.1) is 0 Å². The van der Waals surface area contributed by atoms with E-state index in [-0.39, 0.29) is 0 Å². The zero-order valence-electron chi connectivity index (χ0n) is 10.0. The number of nitrogens with zero attached hydrogens (tertiary/aromatic N) is 4. The van der Waals surface area contributed by atoms with Crippen molar-refractivity contribution in [2.24, 2.45) is 10.8 Å². The Hall–Kier alpha value is -2.14. The molecule has 0 fully saturated rings. The van der Waals surface area contributed by atoms with E-state index in [1.807, 2.05) is 28.9 Å². The smallest absolute Gasteiger partial charge is 0.163 e. The van der Waals surface area contributed by atoms with Crippen molar-refractivity contribution in [3.05, 3.63) is 53.9 Å². The van der Waals surface area contributed by atoms with Crippen molar-refractivity contribution < 1.29 is 0 Å². The average molecular weight is 241 g/mol. The molecular formula is C13H15N5. The van der Waals surface area contributed by atoms with E-state index in [0.717, 1.165) is 31.2 Å². The summed E-state index contributed by atoms with van der Waals surface area (Å²) in [5.41, 5.74) is 2.18. The van der Waals surface area contributed by atoms with Crippen LogP contribution in [0.4, 0.5) is 0 Å². The predicted octanol–water partition coefficient (Wildman–Crippen LogP) is 0.867. The van der Waals surface area contributed by atoms with Gasteiger partial charge in [0.1, 0.15) is 5.69 Å². The van der Waals surface area contributed by atoms with Gasteiger partial charge in [-0.15, -0.1) is 0 Å². The minimum Gasteiger partial charge on any atom is -0.291 e. The zero-order valence-corrected chi connectivity index (χ0v) is 10.0. The second-order valence-corrected chi connectivity index (χ2v) is 4.26. The summed E-state index contributed by atoms with van der Waals surface area (Å²) in [5.74, 6) is 6.72. The van der Waals surface area contributed by atoms with Crippen LogP contribution in [0.15, 0.2) is 47.6 Å². The van der Waals surface area contributed by atoms with Crippen LogP contribution in [0.1, 0.15) is 11.3 Å². The first-order chi connectivity index (χ1) is 8.84. The van der Waals surface area contributed by atoms with Crippen LogP contribution in [0.3, 0.4) is 0 Å². The summed E-state index contributed by atoms with van der Waals surface area (Å²) >= 11 is 0. The fraction of sp³-hybridized carbons (Fsp3) is 0.231. The average Bonchev–Trinajstić information content (AvgIpc) is 2.99. The summed E-state index contributed by atoms with van der Waals surface area (Å²) in [7, 11) is 0. The van der Waals surface area contributed by atoms with Crippen molar-refractivity contribution in [3.63, 3.8) is 0 Å². The number of aliphatic imine (C=N–C) groups is 1. The van der Waals surface area contributed by atoms with E-state index in [9.17, 15) is 0 Å². The van der Waals surface area contributed by atoms with Crippen molar-refractivity contribution in [1.82, 2.24) is 14.8 Å². The van der Waals surface area contributed by atoms with Gasteiger partial charge in [-0.1, -0.05) is 30.3 Å². The molecule has 0 aliphatic carbocycles. The van der Waals surface area contributed by atoms with Crippen LogP contribution in [-0.4, -0.2) is 33.7 Å². The van der Waals surface area contributed by atoms with E-state index in [1.54, 1.807) is 11.2 Å². The SMILES string of the molecule is NN1CCN=C1c1ccnn1Cc1ccccc1. The molecule has 18 heavy (non-hydrogen) atoms. The third-order valence-electron chi connectivity index (χ3n) is 3.00. The topological polar surface area (TPSA) is 59.4 Å². The number of hydrazine groups is 1. The fourth-order valence-electron chi connectivity index (χ4n) is 2.09. The molecule has 0 bridgehead atoms. The summed E-state index contributed by atoms with van der Waals surface area (Å²) in [6.07, 6.45) is 1.78. The molecule has 5 nitrogen and oxygen atoms in total. The number of amidine groups is 1. The molecular weight excluding hydrogens is 226 g/mol. The van der Waals surface area contributed by atoms with E-state index in [0.29, 0.717) is 0 Å². The van der Waals surface area contributed by atoms with Gasteiger partial charge in [0.2, 0.25) is 0 Å². The molecule has 0 amide bonds.